The van der Waals surface area contributed by atoms with E-state index < -0.39 is 31.5 Å². The molecule has 2 N–H and O–H groups in total. The van der Waals surface area contributed by atoms with Crippen molar-refractivity contribution < 1.29 is 28.0 Å². The van der Waals surface area contributed by atoms with E-state index in [-0.39, 0.29) is 25.1 Å². The van der Waals surface area contributed by atoms with Crippen LogP contribution in [0.5, 0.6) is 5.75 Å². The minimum absolute atomic E-state index is 0.0819. The molecule has 0 radical (unpaired) electrons. The number of carboxylic acids is 1. The molecule has 1 aromatic rings. The number of methoxy groups -OCH3 is 1. The molecule has 116 valence electrons. The Bertz CT molecular complexity index is 642. The largest absolute Gasteiger partial charge is 0.497 e. The lowest BCUT2D eigenvalue weighted by Gasteiger charge is -2.08. The number of rotatable bonds is 8. The molecule has 9 nitrogen and oxygen atoms in total. The Balaban J connectivity index is 2.97. The van der Waals surface area contributed by atoms with Crippen LogP contribution >= 0.6 is 0 Å². The number of benzene rings is 1. The Kier molecular flexibility index (Phi) is 5.61. The lowest BCUT2D eigenvalue weighted by molar-refractivity contribution is -0.387. The number of nitro groups is 1. The molecule has 0 atom stereocenters. The highest BCUT2D eigenvalue weighted by atomic mass is 32.2. The second-order valence-electron chi connectivity index (χ2n) is 3.99. The van der Waals surface area contributed by atoms with Crippen LogP contribution < -0.4 is 9.46 Å². The molecule has 0 amide bonds. The summed E-state index contributed by atoms with van der Waals surface area (Å²) in [6.07, 6.45) is -0.119. The van der Waals surface area contributed by atoms with Crippen molar-refractivity contribution in [2.75, 3.05) is 13.7 Å². The van der Waals surface area contributed by atoms with Crippen LogP contribution in [-0.2, 0) is 14.8 Å². The van der Waals surface area contributed by atoms with E-state index >= 15 is 0 Å². The van der Waals surface area contributed by atoms with Crippen LogP contribution in [0.2, 0.25) is 0 Å². The number of hydrogen-bond donors (Lipinski definition) is 2. The number of carboxylic acid groups (broad SMARTS) is 1. The number of ether oxygens (including phenoxy) is 1. The van der Waals surface area contributed by atoms with Crippen molar-refractivity contribution in [3.63, 3.8) is 0 Å². The van der Waals surface area contributed by atoms with Crippen LogP contribution in [0.25, 0.3) is 0 Å². The highest BCUT2D eigenvalue weighted by Gasteiger charge is 2.26. The van der Waals surface area contributed by atoms with Crippen molar-refractivity contribution in [2.45, 2.75) is 17.7 Å². The van der Waals surface area contributed by atoms with Gasteiger partial charge in [-0.05, 0) is 18.6 Å². The summed E-state index contributed by atoms with van der Waals surface area (Å²) in [5.41, 5.74) is -0.611. The molecule has 1 aromatic carbocycles. The summed E-state index contributed by atoms with van der Waals surface area (Å²) in [4.78, 5) is 19.9. The molecule has 0 bridgehead atoms. The van der Waals surface area contributed by atoms with Gasteiger partial charge in [-0.15, -0.1) is 0 Å². The normalized spacial score (nSPS) is 11.1. The maximum Gasteiger partial charge on any atom is 0.303 e. The summed E-state index contributed by atoms with van der Waals surface area (Å²) in [5, 5.41) is 19.4. The summed E-state index contributed by atoms with van der Waals surface area (Å²) < 4.78 is 30.9. The Morgan fingerprint density at radius 3 is 2.67 bits per heavy atom. The van der Waals surface area contributed by atoms with Gasteiger partial charge in [0, 0.05) is 13.0 Å². The average Bonchev–Trinajstić information content (AvgIpc) is 2.42. The fourth-order valence-corrected chi connectivity index (χ4v) is 2.74. The van der Waals surface area contributed by atoms with E-state index in [1.807, 2.05) is 0 Å². The minimum Gasteiger partial charge on any atom is -0.497 e. The van der Waals surface area contributed by atoms with E-state index in [4.69, 9.17) is 9.84 Å². The van der Waals surface area contributed by atoms with E-state index in [9.17, 15) is 23.3 Å². The SMILES string of the molecule is COc1ccc(S(=O)(=O)NCCCC(=O)O)c([N+](=O)[O-])c1. The molecule has 0 aromatic heterocycles. The molecule has 0 saturated carbocycles. The van der Waals surface area contributed by atoms with Crippen molar-refractivity contribution in [1.29, 1.82) is 0 Å². The maximum absolute atomic E-state index is 12.0. The molecule has 0 aliphatic rings. The molecule has 0 saturated heterocycles. The number of nitro benzene ring substituents is 1. The number of nitrogens with one attached hydrogen (secondary N) is 1. The van der Waals surface area contributed by atoms with Crippen LogP contribution in [0.1, 0.15) is 12.8 Å². The summed E-state index contributed by atoms with van der Waals surface area (Å²) >= 11 is 0. The Hall–Kier alpha value is -2.20. The zero-order chi connectivity index (χ0) is 16.0. The predicted octanol–water partition coefficient (Wildman–Crippen LogP) is 0.747. The van der Waals surface area contributed by atoms with Crippen LogP contribution in [0.3, 0.4) is 0 Å². The van der Waals surface area contributed by atoms with Gasteiger partial charge in [-0.3, -0.25) is 14.9 Å². The first-order chi connectivity index (χ1) is 9.77. The van der Waals surface area contributed by atoms with E-state index in [1.54, 1.807) is 0 Å². The van der Waals surface area contributed by atoms with Crippen molar-refractivity contribution in [3.05, 3.63) is 28.3 Å². The highest BCUT2D eigenvalue weighted by Crippen LogP contribution is 2.28. The fourth-order valence-electron chi connectivity index (χ4n) is 1.52. The van der Waals surface area contributed by atoms with Crippen LogP contribution in [-0.4, -0.2) is 38.1 Å². The molecule has 10 heteroatoms. The van der Waals surface area contributed by atoms with Gasteiger partial charge in [0.05, 0.1) is 18.1 Å². The summed E-state index contributed by atoms with van der Waals surface area (Å²) in [5.74, 6) is -0.892. The zero-order valence-electron chi connectivity index (χ0n) is 11.1. The summed E-state index contributed by atoms with van der Waals surface area (Å²) in [6.45, 7) is -0.127. The third-order valence-corrected chi connectivity index (χ3v) is 4.02. The van der Waals surface area contributed by atoms with Crippen LogP contribution in [0.4, 0.5) is 5.69 Å². The molecular weight excluding hydrogens is 304 g/mol. The first-order valence-electron chi connectivity index (χ1n) is 5.82. The van der Waals surface area contributed by atoms with Gasteiger partial charge >= 0.3 is 5.97 Å². The number of aliphatic carboxylic acids is 1. The van der Waals surface area contributed by atoms with Crippen molar-refractivity contribution in [2.24, 2.45) is 0 Å². The van der Waals surface area contributed by atoms with Gasteiger partial charge in [-0.1, -0.05) is 0 Å². The van der Waals surface area contributed by atoms with Crippen molar-refractivity contribution >= 4 is 21.7 Å². The zero-order valence-corrected chi connectivity index (χ0v) is 11.9. The molecule has 0 heterocycles. The minimum atomic E-state index is -4.10. The average molecular weight is 318 g/mol. The van der Waals surface area contributed by atoms with Gasteiger partial charge in [0.25, 0.3) is 5.69 Å². The van der Waals surface area contributed by atoms with E-state index in [0.29, 0.717) is 0 Å². The van der Waals surface area contributed by atoms with E-state index in [1.165, 1.54) is 13.2 Å². The summed E-state index contributed by atoms with van der Waals surface area (Å²) in [7, 11) is -2.80. The van der Waals surface area contributed by atoms with Crippen molar-refractivity contribution in [3.8, 4) is 5.75 Å². The topological polar surface area (TPSA) is 136 Å². The molecule has 0 spiro atoms. The first-order valence-corrected chi connectivity index (χ1v) is 7.30. The Morgan fingerprint density at radius 2 is 2.14 bits per heavy atom. The number of sulfonamides is 1. The molecule has 0 unspecified atom stereocenters. The lowest BCUT2D eigenvalue weighted by atomic mass is 10.3. The first kappa shape index (κ1) is 16.9. The third-order valence-electron chi connectivity index (χ3n) is 2.51. The molecule has 21 heavy (non-hydrogen) atoms. The smallest absolute Gasteiger partial charge is 0.303 e. The second-order valence-corrected chi connectivity index (χ2v) is 5.72. The molecule has 0 aliphatic heterocycles. The van der Waals surface area contributed by atoms with Gasteiger partial charge < -0.3 is 9.84 Å². The van der Waals surface area contributed by atoms with Crippen LogP contribution in [0.15, 0.2) is 23.1 Å². The Morgan fingerprint density at radius 1 is 1.48 bits per heavy atom. The fraction of sp³-hybridized carbons (Fsp3) is 0.364. The number of carbonyl (C=O) groups is 1. The highest BCUT2D eigenvalue weighted by molar-refractivity contribution is 7.89. The number of hydrogen-bond acceptors (Lipinski definition) is 6. The van der Waals surface area contributed by atoms with Crippen molar-refractivity contribution in [1.82, 2.24) is 4.72 Å². The predicted molar refractivity (Wildman–Crippen MR) is 71.7 cm³/mol. The molecule has 0 fully saturated rings. The molecular formula is C11H14N2O7S. The second kappa shape index (κ2) is 6.99. The Labute approximate surface area is 120 Å². The van der Waals surface area contributed by atoms with Gasteiger partial charge in [-0.2, -0.15) is 0 Å². The van der Waals surface area contributed by atoms with Gasteiger partial charge in [0.1, 0.15) is 5.75 Å². The standard InChI is InChI=1S/C11H14N2O7S/c1-20-8-4-5-10(9(7-8)13(16)17)21(18,19)12-6-2-3-11(14)15/h4-5,7,12H,2-3,6H2,1H3,(H,14,15). The number of nitrogens with zero attached hydrogens (tertiary/aromatic N) is 1. The maximum atomic E-state index is 12.0. The van der Waals surface area contributed by atoms with Gasteiger partial charge in [0.2, 0.25) is 10.0 Å². The molecule has 1 rings (SSSR count). The monoisotopic (exact) mass is 318 g/mol. The molecule has 0 aliphatic carbocycles. The van der Waals surface area contributed by atoms with Crippen LogP contribution in [0, 0.1) is 10.1 Å². The lowest BCUT2D eigenvalue weighted by Crippen LogP contribution is -2.26. The summed E-state index contributed by atoms with van der Waals surface area (Å²) in [6, 6.07) is 3.36. The quantitative estimate of drug-likeness (QED) is 0.410. The van der Waals surface area contributed by atoms with E-state index in [2.05, 4.69) is 4.72 Å². The van der Waals surface area contributed by atoms with Gasteiger partial charge in [0.15, 0.2) is 4.90 Å². The van der Waals surface area contributed by atoms with Gasteiger partial charge in [-0.25, -0.2) is 13.1 Å². The third kappa shape index (κ3) is 4.68. The van der Waals surface area contributed by atoms with E-state index in [0.717, 1.165) is 12.1 Å².